The number of amides is 2. The molecule has 0 saturated carbocycles. The zero-order valence-electron chi connectivity index (χ0n) is 13.9. The van der Waals surface area contributed by atoms with Crippen LogP contribution in [0.1, 0.15) is 31.4 Å². The molecule has 2 aromatic rings. The van der Waals surface area contributed by atoms with Crippen LogP contribution in [0.25, 0.3) is 11.1 Å². The van der Waals surface area contributed by atoms with Gasteiger partial charge in [-0.2, -0.15) is 0 Å². The molecule has 3 rings (SSSR count). The number of aromatic nitrogens is 1. The van der Waals surface area contributed by atoms with Crippen molar-refractivity contribution < 1.29 is 9.90 Å². The van der Waals surface area contributed by atoms with Gasteiger partial charge in [0.15, 0.2) is 0 Å². The van der Waals surface area contributed by atoms with Crippen LogP contribution in [-0.2, 0) is 0 Å². The second kappa shape index (κ2) is 7.45. The van der Waals surface area contributed by atoms with Gasteiger partial charge in [-0.25, -0.2) is 4.79 Å². The normalized spacial score (nSPS) is 18.4. The maximum Gasteiger partial charge on any atom is 0.318 e. The number of pyridine rings is 1. The lowest BCUT2D eigenvalue weighted by Gasteiger charge is -2.25. The molecule has 2 N–H and O–H groups in total. The predicted octanol–water partition coefficient (Wildman–Crippen LogP) is 2.98. The number of likely N-dealkylation sites (tertiary alicyclic amines) is 1. The Bertz CT molecular complexity index is 673. The van der Waals surface area contributed by atoms with Crippen LogP contribution in [0.2, 0.25) is 0 Å². The predicted molar refractivity (Wildman–Crippen MR) is 93.4 cm³/mol. The van der Waals surface area contributed by atoms with Crippen molar-refractivity contribution in [2.75, 3.05) is 13.2 Å². The summed E-state index contributed by atoms with van der Waals surface area (Å²) in [5.74, 6) is 0. The minimum atomic E-state index is -0.0998. The zero-order chi connectivity index (χ0) is 16.9. The average Bonchev–Trinajstić information content (AvgIpc) is 3.11. The number of hydrogen-bond donors (Lipinski definition) is 2. The first kappa shape index (κ1) is 16.5. The van der Waals surface area contributed by atoms with E-state index in [1.54, 1.807) is 17.3 Å². The molecule has 1 fully saturated rings. The molecule has 0 aliphatic carbocycles. The lowest BCUT2D eigenvalue weighted by atomic mass is 10.0. The molecule has 24 heavy (non-hydrogen) atoms. The van der Waals surface area contributed by atoms with Gasteiger partial charge in [-0.1, -0.05) is 24.3 Å². The Hall–Kier alpha value is -2.40. The third-order valence-electron chi connectivity index (χ3n) is 4.61. The van der Waals surface area contributed by atoms with Gasteiger partial charge in [-0.15, -0.1) is 0 Å². The molecule has 1 aliphatic heterocycles. The van der Waals surface area contributed by atoms with Crippen molar-refractivity contribution in [1.29, 1.82) is 0 Å². The monoisotopic (exact) mass is 325 g/mol. The number of carbonyl (C=O) groups excluding carboxylic acids is 1. The summed E-state index contributed by atoms with van der Waals surface area (Å²) < 4.78 is 0. The summed E-state index contributed by atoms with van der Waals surface area (Å²) >= 11 is 0. The third-order valence-corrected chi connectivity index (χ3v) is 4.61. The lowest BCUT2D eigenvalue weighted by Crippen LogP contribution is -2.44. The first-order chi connectivity index (χ1) is 11.7. The Morgan fingerprint density at radius 1 is 1.25 bits per heavy atom. The molecule has 1 saturated heterocycles. The van der Waals surface area contributed by atoms with E-state index in [4.69, 9.17) is 0 Å². The lowest BCUT2D eigenvalue weighted by molar-refractivity contribution is 0.155. The van der Waals surface area contributed by atoms with Crippen LogP contribution in [0.4, 0.5) is 4.79 Å². The summed E-state index contributed by atoms with van der Waals surface area (Å²) in [5.41, 5.74) is 3.30. The van der Waals surface area contributed by atoms with Crippen molar-refractivity contribution in [3.63, 3.8) is 0 Å². The Labute approximate surface area is 142 Å². The SMILES string of the molecule is C[C@H](NC(=O)N1CCC[C@H]1CO)c1ccc(-c2ccncc2)cc1. The molecule has 126 valence electrons. The van der Waals surface area contributed by atoms with Crippen molar-refractivity contribution in [3.05, 3.63) is 54.4 Å². The fraction of sp³-hybridized carbons (Fsp3) is 0.368. The fourth-order valence-corrected chi connectivity index (χ4v) is 3.15. The van der Waals surface area contributed by atoms with E-state index in [-0.39, 0.29) is 24.7 Å². The molecule has 1 aliphatic rings. The highest BCUT2D eigenvalue weighted by molar-refractivity contribution is 5.75. The Morgan fingerprint density at radius 2 is 1.92 bits per heavy atom. The maximum absolute atomic E-state index is 12.4. The van der Waals surface area contributed by atoms with Crippen LogP contribution >= 0.6 is 0 Å². The number of urea groups is 1. The molecule has 2 atom stereocenters. The minimum absolute atomic E-state index is 0.0302. The van der Waals surface area contributed by atoms with Crippen LogP contribution < -0.4 is 5.32 Å². The molecule has 2 heterocycles. The molecule has 1 aromatic carbocycles. The van der Waals surface area contributed by atoms with E-state index in [0.717, 1.165) is 29.5 Å². The summed E-state index contributed by atoms with van der Waals surface area (Å²) in [6.07, 6.45) is 5.38. The molecule has 0 unspecified atom stereocenters. The molecule has 5 heteroatoms. The van der Waals surface area contributed by atoms with Gasteiger partial charge in [0.2, 0.25) is 0 Å². The highest BCUT2D eigenvalue weighted by atomic mass is 16.3. The number of aliphatic hydroxyl groups excluding tert-OH is 1. The number of hydrogen-bond acceptors (Lipinski definition) is 3. The zero-order valence-corrected chi connectivity index (χ0v) is 13.9. The van der Waals surface area contributed by atoms with Crippen LogP contribution in [0.3, 0.4) is 0 Å². The second-order valence-corrected chi connectivity index (χ2v) is 6.20. The van der Waals surface area contributed by atoms with Crippen LogP contribution in [0, 0.1) is 0 Å². The minimum Gasteiger partial charge on any atom is -0.394 e. The largest absolute Gasteiger partial charge is 0.394 e. The van der Waals surface area contributed by atoms with Crippen molar-refractivity contribution in [3.8, 4) is 11.1 Å². The van der Waals surface area contributed by atoms with Gasteiger partial charge in [-0.3, -0.25) is 4.98 Å². The van der Waals surface area contributed by atoms with Crippen molar-refractivity contribution in [1.82, 2.24) is 15.2 Å². The van der Waals surface area contributed by atoms with E-state index in [1.165, 1.54) is 0 Å². The number of nitrogens with one attached hydrogen (secondary N) is 1. The fourth-order valence-electron chi connectivity index (χ4n) is 3.15. The first-order valence-corrected chi connectivity index (χ1v) is 8.37. The molecular weight excluding hydrogens is 302 g/mol. The number of aliphatic hydroxyl groups is 1. The van der Waals surface area contributed by atoms with Crippen LogP contribution in [0.15, 0.2) is 48.8 Å². The van der Waals surface area contributed by atoms with Crippen molar-refractivity contribution in [2.45, 2.75) is 31.8 Å². The van der Waals surface area contributed by atoms with Crippen molar-refractivity contribution in [2.24, 2.45) is 0 Å². The number of benzene rings is 1. The molecular formula is C19H23N3O2. The van der Waals surface area contributed by atoms with Gasteiger partial charge in [0.25, 0.3) is 0 Å². The van der Waals surface area contributed by atoms with Crippen molar-refractivity contribution >= 4 is 6.03 Å². The Morgan fingerprint density at radius 3 is 2.58 bits per heavy atom. The van der Waals surface area contributed by atoms with E-state index < -0.39 is 0 Å². The van der Waals surface area contributed by atoms with Gasteiger partial charge in [0.1, 0.15) is 0 Å². The van der Waals surface area contributed by atoms with Gasteiger partial charge in [0, 0.05) is 18.9 Å². The Balaban J connectivity index is 1.65. The maximum atomic E-state index is 12.4. The number of nitrogens with zero attached hydrogens (tertiary/aromatic N) is 2. The quantitative estimate of drug-likeness (QED) is 0.908. The van der Waals surface area contributed by atoms with Gasteiger partial charge in [-0.05, 0) is 48.6 Å². The summed E-state index contributed by atoms with van der Waals surface area (Å²) in [4.78, 5) is 18.2. The highest BCUT2D eigenvalue weighted by Crippen LogP contribution is 2.22. The van der Waals surface area contributed by atoms with E-state index in [0.29, 0.717) is 6.54 Å². The highest BCUT2D eigenvalue weighted by Gasteiger charge is 2.28. The molecule has 0 radical (unpaired) electrons. The Kier molecular flexibility index (Phi) is 5.11. The smallest absolute Gasteiger partial charge is 0.318 e. The standard InChI is InChI=1S/C19H23N3O2/c1-14(21-19(24)22-12-2-3-18(22)13-23)15-4-6-16(7-5-15)17-8-10-20-11-9-17/h4-11,14,18,23H,2-3,12-13H2,1H3,(H,21,24)/t14-,18-/m0/s1. The summed E-state index contributed by atoms with van der Waals surface area (Å²) in [5, 5.41) is 12.4. The van der Waals surface area contributed by atoms with E-state index in [1.807, 2.05) is 31.2 Å². The third kappa shape index (κ3) is 3.57. The summed E-state index contributed by atoms with van der Waals surface area (Å²) in [7, 11) is 0. The molecule has 0 bridgehead atoms. The van der Waals surface area contributed by atoms with E-state index in [2.05, 4.69) is 22.4 Å². The molecule has 1 aromatic heterocycles. The molecule has 0 spiro atoms. The molecule has 2 amide bonds. The van der Waals surface area contributed by atoms with Crippen LogP contribution in [-0.4, -0.2) is 40.2 Å². The van der Waals surface area contributed by atoms with E-state index >= 15 is 0 Å². The van der Waals surface area contributed by atoms with Crippen LogP contribution in [0.5, 0.6) is 0 Å². The van der Waals surface area contributed by atoms with E-state index in [9.17, 15) is 9.90 Å². The second-order valence-electron chi connectivity index (χ2n) is 6.20. The topological polar surface area (TPSA) is 65.5 Å². The number of carbonyl (C=O) groups is 1. The number of rotatable bonds is 4. The summed E-state index contributed by atoms with van der Waals surface area (Å²) in [6, 6.07) is 11.9. The van der Waals surface area contributed by atoms with Gasteiger partial charge in [0.05, 0.1) is 18.7 Å². The summed E-state index contributed by atoms with van der Waals surface area (Å²) in [6.45, 7) is 2.72. The van der Waals surface area contributed by atoms with Gasteiger partial charge < -0.3 is 15.3 Å². The van der Waals surface area contributed by atoms with Gasteiger partial charge >= 0.3 is 6.03 Å². The average molecular weight is 325 g/mol. The first-order valence-electron chi connectivity index (χ1n) is 8.37. The molecule has 5 nitrogen and oxygen atoms in total.